The van der Waals surface area contributed by atoms with Gasteiger partial charge in [-0.15, -0.1) is 13.2 Å². The number of aromatic nitrogens is 1. The maximum Gasteiger partial charge on any atom is 0.573 e. The number of hydrogen-bond donors (Lipinski definition) is 1. The van der Waals surface area contributed by atoms with Crippen molar-refractivity contribution in [3.63, 3.8) is 0 Å². The van der Waals surface area contributed by atoms with Gasteiger partial charge >= 0.3 is 6.36 Å². The highest BCUT2D eigenvalue weighted by atomic mass is 79.9. The molecule has 0 aliphatic rings. The molecule has 0 aliphatic carbocycles. The van der Waals surface area contributed by atoms with Gasteiger partial charge in [0.1, 0.15) is 0 Å². The molecule has 11 heteroatoms. The molecular weight excluding hydrogens is 352 g/mol. The lowest BCUT2D eigenvalue weighted by Gasteiger charge is -2.12. The fourth-order valence-corrected chi connectivity index (χ4v) is 2.16. The zero-order valence-electron chi connectivity index (χ0n) is 7.62. The van der Waals surface area contributed by atoms with Gasteiger partial charge in [-0.25, -0.2) is 13.4 Å². The van der Waals surface area contributed by atoms with E-state index in [1.54, 1.807) is 0 Å². The first kappa shape index (κ1) is 14.3. The van der Waals surface area contributed by atoms with E-state index in [0.717, 1.165) is 0 Å². The fraction of sp³-hybridized carbons (Fsp3) is 0.167. The average Bonchev–Trinajstić information content (AvgIpc) is 2.07. The van der Waals surface area contributed by atoms with E-state index in [4.69, 9.17) is 16.4 Å². The first-order chi connectivity index (χ1) is 7.50. The summed E-state index contributed by atoms with van der Waals surface area (Å²) >= 11 is 2.60. The summed E-state index contributed by atoms with van der Waals surface area (Å²) in [4.78, 5) is 3.28. The number of alkyl halides is 3. The SMILES string of the molecule is Nc1cc(S(=O)(=O)Cl)nc(Br)c1OC(F)(F)F. The highest BCUT2D eigenvalue weighted by molar-refractivity contribution is 9.10. The Kier molecular flexibility index (Phi) is 3.79. The van der Waals surface area contributed by atoms with Crippen LogP contribution in [0.2, 0.25) is 0 Å². The predicted octanol–water partition coefficient (Wildman–Crippen LogP) is 2.25. The van der Waals surface area contributed by atoms with E-state index in [-0.39, 0.29) is 0 Å². The lowest BCUT2D eigenvalue weighted by Crippen LogP contribution is -2.19. The van der Waals surface area contributed by atoms with Crippen LogP contribution >= 0.6 is 26.6 Å². The van der Waals surface area contributed by atoms with Gasteiger partial charge in [-0.2, -0.15) is 0 Å². The van der Waals surface area contributed by atoms with Crippen LogP contribution < -0.4 is 10.5 Å². The fourth-order valence-electron chi connectivity index (χ4n) is 0.839. The Labute approximate surface area is 106 Å². The van der Waals surface area contributed by atoms with E-state index >= 15 is 0 Å². The molecule has 0 saturated carbocycles. The van der Waals surface area contributed by atoms with Crippen LogP contribution in [0.15, 0.2) is 15.7 Å². The summed E-state index contributed by atoms with van der Waals surface area (Å²) < 4.78 is 60.7. The number of nitrogens with two attached hydrogens (primary N) is 1. The number of pyridine rings is 1. The maximum atomic E-state index is 12.0. The third-order valence-electron chi connectivity index (χ3n) is 1.40. The van der Waals surface area contributed by atoms with Gasteiger partial charge in [-0.1, -0.05) is 0 Å². The van der Waals surface area contributed by atoms with Crippen molar-refractivity contribution >= 4 is 41.4 Å². The topological polar surface area (TPSA) is 82.3 Å². The first-order valence-corrected chi connectivity index (χ1v) is 6.77. The molecule has 0 aromatic carbocycles. The lowest BCUT2D eigenvalue weighted by molar-refractivity contribution is -0.274. The van der Waals surface area contributed by atoms with Crippen LogP contribution in [0.25, 0.3) is 0 Å². The van der Waals surface area contributed by atoms with Crippen molar-refractivity contribution in [2.75, 3.05) is 5.73 Å². The van der Waals surface area contributed by atoms with Gasteiger partial charge < -0.3 is 10.5 Å². The van der Waals surface area contributed by atoms with Crippen molar-refractivity contribution in [1.82, 2.24) is 4.98 Å². The quantitative estimate of drug-likeness (QED) is 0.650. The molecule has 17 heavy (non-hydrogen) atoms. The van der Waals surface area contributed by atoms with Gasteiger partial charge in [0.25, 0.3) is 9.05 Å². The van der Waals surface area contributed by atoms with Crippen molar-refractivity contribution in [2.45, 2.75) is 11.4 Å². The Morgan fingerprint density at radius 1 is 1.47 bits per heavy atom. The Morgan fingerprint density at radius 2 is 2.00 bits per heavy atom. The number of anilines is 1. The Balaban J connectivity index is 3.30. The smallest absolute Gasteiger partial charge is 0.401 e. The second-order valence-electron chi connectivity index (χ2n) is 2.66. The molecule has 0 saturated heterocycles. The van der Waals surface area contributed by atoms with Crippen LogP contribution in [0.5, 0.6) is 5.75 Å². The van der Waals surface area contributed by atoms with Gasteiger partial charge in [-0.3, -0.25) is 0 Å². The summed E-state index contributed by atoms with van der Waals surface area (Å²) in [6.45, 7) is 0. The second kappa shape index (κ2) is 4.50. The molecule has 0 unspecified atom stereocenters. The number of ether oxygens (including phenoxy) is 1. The molecule has 0 atom stereocenters. The largest absolute Gasteiger partial charge is 0.573 e. The number of halogens is 5. The molecule has 0 fully saturated rings. The summed E-state index contributed by atoms with van der Waals surface area (Å²) in [5, 5.41) is -0.682. The van der Waals surface area contributed by atoms with E-state index in [2.05, 4.69) is 25.7 Å². The minimum absolute atomic E-state index is 0.519. The van der Waals surface area contributed by atoms with Crippen molar-refractivity contribution in [1.29, 1.82) is 0 Å². The summed E-state index contributed by atoms with van der Waals surface area (Å²) in [6, 6.07) is 0.661. The lowest BCUT2D eigenvalue weighted by atomic mass is 10.4. The summed E-state index contributed by atoms with van der Waals surface area (Å²) in [5.74, 6) is -0.832. The van der Waals surface area contributed by atoms with Gasteiger partial charge in [-0.05, 0) is 15.9 Å². The molecule has 0 radical (unpaired) electrons. The van der Waals surface area contributed by atoms with Crippen molar-refractivity contribution in [3.8, 4) is 5.75 Å². The number of hydrogen-bond acceptors (Lipinski definition) is 5. The van der Waals surface area contributed by atoms with E-state index in [0.29, 0.717) is 6.07 Å². The molecule has 1 heterocycles. The third kappa shape index (κ3) is 3.89. The molecule has 1 aromatic rings. The molecule has 0 spiro atoms. The minimum Gasteiger partial charge on any atom is -0.401 e. The van der Waals surface area contributed by atoms with Crippen LogP contribution in [0, 0.1) is 0 Å². The molecule has 5 nitrogen and oxygen atoms in total. The van der Waals surface area contributed by atoms with Gasteiger partial charge in [0.05, 0.1) is 5.69 Å². The normalized spacial score (nSPS) is 12.5. The van der Waals surface area contributed by atoms with Crippen LogP contribution in [0.4, 0.5) is 18.9 Å². The zero-order valence-corrected chi connectivity index (χ0v) is 10.8. The Morgan fingerprint density at radius 3 is 2.35 bits per heavy atom. The van der Waals surface area contributed by atoms with Gasteiger partial charge in [0.2, 0.25) is 0 Å². The molecule has 0 amide bonds. The van der Waals surface area contributed by atoms with E-state index in [1.165, 1.54) is 0 Å². The van der Waals surface area contributed by atoms with Crippen LogP contribution in [0.3, 0.4) is 0 Å². The summed E-state index contributed by atoms with van der Waals surface area (Å²) in [5.41, 5.74) is 4.64. The predicted molar refractivity (Wildman–Crippen MR) is 56.1 cm³/mol. The Hall–Kier alpha value is -0.740. The molecule has 1 rings (SSSR count). The third-order valence-corrected chi connectivity index (χ3v) is 3.12. The average molecular weight is 356 g/mol. The molecule has 1 aromatic heterocycles. The van der Waals surface area contributed by atoms with E-state index < -0.39 is 36.5 Å². The number of nitrogens with zero attached hydrogens (tertiary/aromatic N) is 1. The monoisotopic (exact) mass is 354 g/mol. The van der Waals surface area contributed by atoms with Crippen molar-refractivity contribution < 1.29 is 26.3 Å². The van der Waals surface area contributed by atoms with Crippen LogP contribution in [-0.2, 0) is 9.05 Å². The summed E-state index contributed by atoms with van der Waals surface area (Å²) in [6.07, 6.45) is -4.97. The van der Waals surface area contributed by atoms with Gasteiger partial charge in [0.15, 0.2) is 15.4 Å². The molecule has 0 aliphatic heterocycles. The van der Waals surface area contributed by atoms with E-state index in [9.17, 15) is 21.6 Å². The molecule has 0 bridgehead atoms. The molecule has 96 valence electrons. The highest BCUT2D eigenvalue weighted by Gasteiger charge is 2.34. The minimum atomic E-state index is -4.97. The highest BCUT2D eigenvalue weighted by Crippen LogP contribution is 2.36. The van der Waals surface area contributed by atoms with E-state index in [1.807, 2.05) is 0 Å². The van der Waals surface area contributed by atoms with Crippen LogP contribution in [-0.4, -0.2) is 19.8 Å². The van der Waals surface area contributed by atoms with Crippen molar-refractivity contribution in [3.05, 3.63) is 10.7 Å². The molecular formula is C6H3BrClF3N2O3S. The summed E-state index contributed by atoms with van der Waals surface area (Å²) in [7, 11) is 0.764. The Bertz CT molecular complexity index is 525. The zero-order chi connectivity index (χ0) is 13.4. The van der Waals surface area contributed by atoms with Crippen molar-refractivity contribution in [2.24, 2.45) is 0 Å². The number of rotatable bonds is 2. The van der Waals surface area contributed by atoms with Gasteiger partial charge in [0, 0.05) is 16.7 Å². The standard InChI is InChI=1S/C6H3BrClF3N2O3S/c7-5-4(16-6(9,10)11)2(12)1-3(13-5)17(8,14)15/h1H,(H2,12,13). The first-order valence-electron chi connectivity index (χ1n) is 3.67. The maximum absolute atomic E-state index is 12.0. The van der Waals surface area contributed by atoms with Crippen LogP contribution in [0.1, 0.15) is 0 Å². The molecule has 2 N–H and O–H groups in total. The number of nitrogen functional groups attached to an aromatic ring is 1. The second-order valence-corrected chi connectivity index (χ2v) is 5.92.